The van der Waals surface area contributed by atoms with Crippen LogP contribution in [0, 0.1) is 0 Å². The minimum atomic E-state index is -0.183. The van der Waals surface area contributed by atoms with E-state index in [0.29, 0.717) is 31.2 Å². The first-order valence-electron chi connectivity index (χ1n) is 8.18. The molecule has 0 aliphatic carbocycles. The van der Waals surface area contributed by atoms with Crippen LogP contribution in [0.15, 0.2) is 53.7 Å². The highest BCUT2D eigenvalue weighted by Crippen LogP contribution is 2.09. The van der Waals surface area contributed by atoms with Crippen molar-refractivity contribution < 1.29 is 9.90 Å². The highest BCUT2D eigenvalue weighted by molar-refractivity contribution is 5.94. The summed E-state index contributed by atoms with van der Waals surface area (Å²) in [6, 6.07) is 11.9. The van der Waals surface area contributed by atoms with Crippen molar-refractivity contribution in [2.75, 3.05) is 19.6 Å². The summed E-state index contributed by atoms with van der Waals surface area (Å²) in [5.74, 6) is 0.627. The Morgan fingerprint density at radius 1 is 1.08 bits per heavy atom. The summed E-state index contributed by atoms with van der Waals surface area (Å²) in [4.78, 5) is 20.7. The topological polar surface area (TPSA) is 98.6 Å². The van der Waals surface area contributed by atoms with Crippen LogP contribution in [0.3, 0.4) is 0 Å². The lowest BCUT2D eigenvalue weighted by atomic mass is 10.2. The molecule has 4 N–H and O–H groups in total. The molecule has 0 spiro atoms. The number of pyridine rings is 1. The second-order valence-corrected chi connectivity index (χ2v) is 5.25. The lowest BCUT2D eigenvalue weighted by Gasteiger charge is -2.12. The summed E-state index contributed by atoms with van der Waals surface area (Å²) >= 11 is 0. The number of phenolic OH excluding ortho intramolecular Hbond substituents is 1. The summed E-state index contributed by atoms with van der Waals surface area (Å²) in [6.07, 6.45) is 1.74. The number of benzene rings is 1. The van der Waals surface area contributed by atoms with E-state index in [9.17, 15) is 9.90 Å². The molecular formula is C18H23N5O2. The molecule has 0 bridgehead atoms. The molecule has 1 heterocycles. The minimum absolute atomic E-state index is 0.137. The molecule has 0 saturated heterocycles. The number of amides is 1. The second-order valence-electron chi connectivity index (χ2n) is 5.25. The van der Waals surface area contributed by atoms with Crippen LogP contribution in [0.2, 0.25) is 0 Å². The van der Waals surface area contributed by atoms with E-state index in [1.54, 1.807) is 18.3 Å². The van der Waals surface area contributed by atoms with E-state index in [4.69, 9.17) is 0 Å². The van der Waals surface area contributed by atoms with Crippen molar-refractivity contribution in [2.45, 2.75) is 13.5 Å². The van der Waals surface area contributed by atoms with Gasteiger partial charge in [0.1, 0.15) is 5.75 Å². The van der Waals surface area contributed by atoms with Gasteiger partial charge in [-0.3, -0.25) is 9.78 Å². The quantitative estimate of drug-likeness (QED) is 0.345. The fourth-order valence-corrected chi connectivity index (χ4v) is 2.07. The molecule has 2 rings (SSSR count). The third-order valence-electron chi connectivity index (χ3n) is 3.30. The molecule has 0 atom stereocenters. The lowest BCUT2D eigenvalue weighted by molar-refractivity contribution is 0.0954. The third-order valence-corrected chi connectivity index (χ3v) is 3.30. The SMILES string of the molecule is CCNC(=NCc1ccccn1)NCCNC(=O)c1ccc(O)cc1. The van der Waals surface area contributed by atoms with E-state index < -0.39 is 0 Å². The monoisotopic (exact) mass is 341 g/mol. The summed E-state index contributed by atoms with van der Waals surface area (Å²) in [7, 11) is 0. The number of guanidine groups is 1. The van der Waals surface area contributed by atoms with Crippen LogP contribution in [0.1, 0.15) is 23.0 Å². The maximum atomic E-state index is 12.0. The van der Waals surface area contributed by atoms with Crippen molar-refractivity contribution >= 4 is 11.9 Å². The Kier molecular flexibility index (Phi) is 7.24. The van der Waals surface area contributed by atoms with Crippen molar-refractivity contribution in [3.8, 4) is 5.75 Å². The maximum Gasteiger partial charge on any atom is 0.251 e. The molecule has 1 aromatic carbocycles. The predicted octanol–water partition coefficient (Wildman–Crippen LogP) is 1.27. The maximum absolute atomic E-state index is 12.0. The van der Waals surface area contributed by atoms with E-state index in [1.165, 1.54) is 12.1 Å². The molecule has 25 heavy (non-hydrogen) atoms. The number of carbonyl (C=O) groups excluding carboxylic acids is 1. The number of hydrogen-bond donors (Lipinski definition) is 4. The first-order valence-corrected chi connectivity index (χ1v) is 8.18. The van der Waals surface area contributed by atoms with E-state index in [-0.39, 0.29) is 11.7 Å². The molecule has 132 valence electrons. The van der Waals surface area contributed by atoms with Crippen LogP contribution in [0.5, 0.6) is 5.75 Å². The van der Waals surface area contributed by atoms with Gasteiger partial charge in [-0.05, 0) is 43.3 Å². The number of hydrogen-bond acceptors (Lipinski definition) is 4. The number of aromatic hydroxyl groups is 1. The Morgan fingerprint density at radius 2 is 1.84 bits per heavy atom. The minimum Gasteiger partial charge on any atom is -0.508 e. The van der Waals surface area contributed by atoms with E-state index >= 15 is 0 Å². The van der Waals surface area contributed by atoms with Gasteiger partial charge in [-0.1, -0.05) is 6.07 Å². The van der Waals surface area contributed by atoms with Gasteiger partial charge >= 0.3 is 0 Å². The molecule has 0 saturated carbocycles. The van der Waals surface area contributed by atoms with Crippen LogP contribution >= 0.6 is 0 Å². The molecule has 0 aliphatic rings. The Labute approximate surface area is 147 Å². The average Bonchev–Trinajstić information content (AvgIpc) is 2.64. The van der Waals surface area contributed by atoms with E-state index in [2.05, 4.69) is 25.9 Å². The van der Waals surface area contributed by atoms with Crippen molar-refractivity contribution in [2.24, 2.45) is 4.99 Å². The zero-order valence-corrected chi connectivity index (χ0v) is 14.2. The van der Waals surface area contributed by atoms with Crippen molar-refractivity contribution in [1.82, 2.24) is 20.9 Å². The smallest absolute Gasteiger partial charge is 0.251 e. The summed E-state index contributed by atoms with van der Waals surface area (Å²) < 4.78 is 0. The van der Waals surface area contributed by atoms with Gasteiger partial charge in [0.2, 0.25) is 0 Å². The van der Waals surface area contributed by atoms with Gasteiger partial charge in [-0.15, -0.1) is 0 Å². The second kappa shape index (κ2) is 9.92. The number of nitrogens with zero attached hydrogens (tertiary/aromatic N) is 2. The van der Waals surface area contributed by atoms with Crippen molar-refractivity contribution in [1.29, 1.82) is 0 Å². The van der Waals surface area contributed by atoms with Crippen LogP contribution in [0.4, 0.5) is 0 Å². The third kappa shape index (κ3) is 6.50. The number of phenols is 1. The van der Waals surface area contributed by atoms with Crippen molar-refractivity contribution in [3.63, 3.8) is 0 Å². The first kappa shape index (κ1) is 18.3. The van der Waals surface area contributed by atoms with Gasteiger partial charge in [0.25, 0.3) is 5.91 Å². The number of aliphatic imine (C=N–C) groups is 1. The fraction of sp³-hybridized carbons (Fsp3) is 0.278. The standard InChI is InChI=1S/C18H23N5O2/c1-2-19-18(23-13-15-5-3-4-10-20-15)22-12-11-21-17(25)14-6-8-16(24)9-7-14/h3-10,24H,2,11-13H2,1H3,(H,21,25)(H2,19,22,23). The predicted molar refractivity (Wildman–Crippen MR) is 97.5 cm³/mol. The van der Waals surface area contributed by atoms with Gasteiger partial charge in [-0.25, -0.2) is 4.99 Å². The van der Waals surface area contributed by atoms with Gasteiger partial charge in [0, 0.05) is 31.4 Å². The van der Waals surface area contributed by atoms with Crippen LogP contribution in [-0.4, -0.2) is 41.6 Å². The highest BCUT2D eigenvalue weighted by Gasteiger charge is 2.04. The molecule has 1 amide bonds. The molecular weight excluding hydrogens is 318 g/mol. The molecule has 0 fully saturated rings. The fourth-order valence-electron chi connectivity index (χ4n) is 2.07. The van der Waals surface area contributed by atoms with Gasteiger partial charge in [0.15, 0.2) is 5.96 Å². The van der Waals surface area contributed by atoms with Crippen molar-refractivity contribution in [3.05, 3.63) is 59.9 Å². The molecule has 1 aromatic heterocycles. The summed E-state index contributed by atoms with van der Waals surface area (Å²) in [6.45, 7) is 4.21. The van der Waals surface area contributed by atoms with Crippen LogP contribution < -0.4 is 16.0 Å². The first-order chi connectivity index (χ1) is 12.2. The molecule has 0 aliphatic heterocycles. The zero-order valence-electron chi connectivity index (χ0n) is 14.2. The number of nitrogens with one attached hydrogen (secondary N) is 3. The van der Waals surface area contributed by atoms with Crippen LogP contribution in [0.25, 0.3) is 0 Å². The molecule has 7 heteroatoms. The Balaban J connectivity index is 1.77. The van der Waals surface area contributed by atoms with Gasteiger partial charge in [-0.2, -0.15) is 0 Å². The Morgan fingerprint density at radius 3 is 2.52 bits per heavy atom. The largest absolute Gasteiger partial charge is 0.508 e. The number of rotatable bonds is 7. The molecule has 2 aromatic rings. The molecule has 7 nitrogen and oxygen atoms in total. The average molecular weight is 341 g/mol. The Bertz CT molecular complexity index is 686. The highest BCUT2D eigenvalue weighted by atomic mass is 16.3. The lowest BCUT2D eigenvalue weighted by Crippen LogP contribution is -2.41. The molecule has 0 unspecified atom stereocenters. The van der Waals surface area contributed by atoms with Gasteiger partial charge in [0.05, 0.1) is 12.2 Å². The van der Waals surface area contributed by atoms with E-state index in [1.807, 2.05) is 25.1 Å². The number of carbonyl (C=O) groups is 1. The zero-order chi connectivity index (χ0) is 17.9. The van der Waals surface area contributed by atoms with Crippen LogP contribution in [-0.2, 0) is 6.54 Å². The molecule has 0 radical (unpaired) electrons. The Hall–Kier alpha value is -3.09. The van der Waals surface area contributed by atoms with E-state index in [0.717, 1.165) is 12.2 Å². The van der Waals surface area contributed by atoms with Gasteiger partial charge < -0.3 is 21.1 Å². The summed E-state index contributed by atoms with van der Waals surface area (Å²) in [5, 5.41) is 18.4. The number of aromatic nitrogens is 1. The summed E-state index contributed by atoms with van der Waals surface area (Å²) in [5.41, 5.74) is 1.40. The normalized spacial score (nSPS) is 11.0.